The Morgan fingerprint density at radius 3 is 2.58 bits per heavy atom. The van der Waals surface area contributed by atoms with Gasteiger partial charge in [-0.2, -0.15) is 0 Å². The second-order valence-electron chi connectivity index (χ2n) is 6.23. The highest BCUT2D eigenvalue weighted by atomic mass is 35.5. The van der Waals surface area contributed by atoms with Gasteiger partial charge in [-0.1, -0.05) is 48.3 Å². The van der Waals surface area contributed by atoms with Crippen molar-refractivity contribution < 1.29 is 9.53 Å². The van der Waals surface area contributed by atoms with Gasteiger partial charge in [0.1, 0.15) is 11.9 Å². The van der Waals surface area contributed by atoms with E-state index in [1.165, 1.54) is 0 Å². The molecule has 0 saturated carbocycles. The van der Waals surface area contributed by atoms with Gasteiger partial charge in [0.2, 0.25) is 5.91 Å². The summed E-state index contributed by atoms with van der Waals surface area (Å²) < 4.78 is 5.87. The molecular weight excluding hydrogens is 371 g/mol. The third-order valence-corrected chi connectivity index (χ3v) is 4.54. The Labute approximate surface area is 165 Å². The standard InChI is InChI=1S/C20H24Cl2N2O2/c1-4-16(26-19-10-9-15(21)11-17(19)22)12-20(25)23-13-14-7-5-6-8-18(14)24(2)3/h5-11,16H,4,12-13H2,1-3H3,(H,23,25). The number of ether oxygens (including phenoxy) is 1. The van der Waals surface area contributed by atoms with Gasteiger partial charge in [-0.05, 0) is 36.2 Å². The number of carbonyl (C=O) groups is 1. The van der Waals surface area contributed by atoms with Crippen LogP contribution in [-0.2, 0) is 11.3 Å². The molecule has 6 heteroatoms. The topological polar surface area (TPSA) is 41.6 Å². The van der Waals surface area contributed by atoms with Crippen LogP contribution < -0.4 is 15.0 Å². The zero-order valence-corrected chi connectivity index (χ0v) is 16.8. The van der Waals surface area contributed by atoms with E-state index < -0.39 is 0 Å². The summed E-state index contributed by atoms with van der Waals surface area (Å²) in [7, 11) is 3.97. The van der Waals surface area contributed by atoms with E-state index in [1.807, 2.05) is 50.2 Å². The fourth-order valence-corrected chi connectivity index (χ4v) is 3.04. The second-order valence-corrected chi connectivity index (χ2v) is 7.07. The number of anilines is 1. The van der Waals surface area contributed by atoms with E-state index in [0.717, 1.165) is 11.3 Å². The van der Waals surface area contributed by atoms with Crippen molar-refractivity contribution in [1.82, 2.24) is 5.32 Å². The number of halogens is 2. The maximum atomic E-state index is 12.3. The molecule has 0 heterocycles. The summed E-state index contributed by atoms with van der Waals surface area (Å²) in [5.74, 6) is 0.476. The van der Waals surface area contributed by atoms with Gasteiger partial charge in [-0.25, -0.2) is 0 Å². The quantitative estimate of drug-likeness (QED) is 0.690. The lowest BCUT2D eigenvalue weighted by Gasteiger charge is -2.20. The first kappa shape index (κ1) is 20.4. The fourth-order valence-electron chi connectivity index (χ4n) is 2.59. The Kier molecular flexibility index (Phi) is 7.61. The summed E-state index contributed by atoms with van der Waals surface area (Å²) in [6.45, 7) is 2.45. The molecule has 140 valence electrons. The molecule has 0 aliphatic heterocycles. The second kappa shape index (κ2) is 9.70. The van der Waals surface area contributed by atoms with E-state index in [-0.39, 0.29) is 18.4 Å². The number of benzene rings is 2. The monoisotopic (exact) mass is 394 g/mol. The third kappa shape index (κ3) is 5.82. The zero-order valence-electron chi connectivity index (χ0n) is 15.3. The lowest BCUT2D eigenvalue weighted by atomic mass is 10.1. The van der Waals surface area contributed by atoms with Crippen LogP contribution in [0.25, 0.3) is 0 Å². The molecule has 0 aliphatic rings. The summed E-state index contributed by atoms with van der Waals surface area (Å²) in [5.41, 5.74) is 2.16. The predicted octanol–water partition coefficient (Wildman–Crippen LogP) is 4.92. The summed E-state index contributed by atoms with van der Waals surface area (Å²) in [6.07, 6.45) is 0.707. The van der Waals surface area contributed by atoms with Gasteiger partial charge in [0.15, 0.2) is 0 Å². The molecule has 1 amide bonds. The molecule has 1 unspecified atom stereocenters. The van der Waals surface area contributed by atoms with Gasteiger partial charge in [-0.3, -0.25) is 4.79 Å². The maximum absolute atomic E-state index is 12.3. The number of carbonyl (C=O) groups excluding carboxylic acids is 1. The van der Waals surface area contributed by atoms with Crippen molar-refractivity contribution in [2.75, 3.05) is 19.0 Å². The predicted molar refractivity (Wildman–Crippen MR) is 108 cm³/mol. The summed E-state index contributed by atoms with van der Waals surface area (Å²) in [5, 5.41) is 3.96. The van der Waals surface area contributed by atoms with Crippen LogP contribution in [0.4, 0.5) is 5.69 Å². The third-order valence-electron chi connectivity index (χ3n) is 4.01. The van der Waals surface area contributed by atoms with Crippen molar-refractivity contribution >= 4 is 34.8 Å². The van der Waals surface area contributed by atoms with E-state index in [4.69, 9.17) is 27.9 Å². The average molecular weight is 395 g/mol. The molecule has 0 saturated heterocycles. The Balaban J connectivity index is 1.93. The van der Waals surface area contributed by atoms with Gasteiger partial charge in [-0.15, -0.1) is 0 Å². The molecule has 0 bridgehead atoms. The summed E-state index contributed by atoms with van der Waals surface area (Å²) >= 11 is 12.0. The first-order valence-corrected chi connectivity index (χ1v) is 9.30. The molecule has 0 aliphatic carbocycles. The van der Waals surface area contributed by atoms with Crippen molar-refractivity contribution in [2.24, 2.45) is 0 Å². The Hall–Kier alpha value is -1.91. The van der Waals surface area contributed by atoms with Gasteiger partial charge in [0.05, 0.1) is 11.4 Å². The van der Waals surface area contributed by atoms with Crippen LogP contribution in [0.3, 0.4) is 0 Å². The SMILES string of the molecule is CCC(CC(=O)NCc1ccccc1N(C)C)Oc1ccc(Cl)cc1Cl. The van der Waals surface area contributed by atoms with E-state index >= 15 is 0 Å². The summed E-state index contributed by atoms with van der Waals surface area (Å²) in [4.78, 5) is 14.4. The number of amides is 1. The van der Waals surface area contributed by atoms with E-state index in [9.17, 15) is 4.79 Å². The number of nitrogens with one attached hydrogen (secondary N) is 1. The van der Waals surface area contributed by atoms with E-state index in [0.29, 0.717) is 28.8 Å². The average Bonchev–Trinajstić information content (AvgIpc) is 2.61. The number of hydrogen-bond donors (Lipinski definition) is 1. The van der Waals surface area contributed by atoms with Crippen LogP contribution in [0.2, 0.25) is 10.0 Å². The zero-order chi connectivity index (χ0) is 19.1. The molecule has 26 heavy (non-hydrogen) atoms. The molecule has 2 aromatic rings. The van der Waals surface area contributed by atoms with Gasteiger partial charge in [0.25, 0.3) is 0 Å². The highest BCUT2D eigenvalue weighted by Crippen LogP contribution is 2.29. The van der Waals surface area contributed by atoms with Crippen molar-refractivity contribution in [3.63, 3.8) is 0 Å². The van der Waals surface area contributed by atoms with E-state index in [2.05, 4.69) is 5.32 Å². The van der Waals surface area contributed by atoms with Crippen molar-refractivity contribution in [3.05, 3.63) is 58.1 Å². The van der Waals surface area contributed by atoms with Crippen LogP contribution >= 0.6 is 23.2 Å². The van der Waals surface area contributed by atoms with Crippen molar-refractivity contribution in [2.45, 2.75) is 32.4 Å². The van der Waals surface area contributed by atoms with Crippen LogP contribution in [0, 0.1) is 0 Å². The highest BCUT2D eigenvalue weighted by molar-refractivity contribution is 6.35. The van der Waals surface area contributed by atoms with Gasteiger partial charge >= 0.3 is 0 Å². The van der Waals surface area contributed by atoms with Gasteiger partial charge in [0, 0.05) is 31.4 Å². The molecule has 2 aromatic carbocycles. The normalized spacial score (nSPS) is 11.7. The minimum Gasteiger partial charge on any atom is -0.488 e. The van der Waals surface area contributed by atoms with Gasteiger partial charge < -0.3 is 15.0 Å². The maximum Gasteiger partial charge on any atom is 0.223 e. The molecule has 0 spiro atoms. The number of hydrogen-bond acceptors (Lipinski definition) is 3. The van der Waals surface area contributed by atoms with Crippen LogP contribution in [0.1, 0.15) is 25.3 Å². The first-order chi connectivity index (χ1) is 12.4. The molecule has 0 aromatic heterocycles. The molecular formula is C20H24Cl2N2O2. The Bertz CT molecular complexity index is 750. The smallest absolute Gasteiger partial charge is 0.223 e. The van der Waals surface area contributed by atoms with Crippen LogP contribution in [0.15, 0.2) is 42.5 Å². The number of para-hydroxylation sites is 1. The fraction of sp³-hybridized carbons (Fsp3) is 0.350. The Morgan fingerprint density at radius 2 is 1.92 bits per heavy atom. The molecule has 1 atom stereocenters. The lowest BCUT2D eigenvalue weighted by molar-refractivity contribution is -0.122. The summed E-state index contributed by atoms with van der Waals surface area (Å²) in [6, 6.07) is 13.1. The molecule has 1 N–H and O–H groups in total. The minimum atomic E-state index is -0.252. The minimum absolute atomic E-state index is 0.0597. The van der Waals surface area contributed by atoms with Crippen molar-refractivity contribution in [1.29, 1.82) is 0 Å². The Morgan fingerprint density at radius 1 is 1.19 bits per heavy atom. The van der Waals surface area contributed by atoms with Crippen LogP contribution in [-0.4, -0.2) is 26.1 Å². The van der Waals surface area contributed by atoms with Crippen molar-refractivity contribution in [3.8, 4) is 5.75 Å². The highest BCUT2D eigenvalue weighted by Gasteiger charge is 2.16. The molecule has 0 fully saturated rings. The number of rotatable bonds is 8. The lowest BCUT2D eigenvalue weighted by Crippen LogP contribution is -2.30. The molecule has 2 rings (SSSR count). The van der Waals surface area contributed by atoms with Crippen LogP contribution in [0.5, 0.6) is 5.75 Å². The van der Waals surface area contributed by atoms with E-state index in [1.54, 1.807) is 18.2 Å². The number of nitrogens with zero attached hydrogens (tertiary/aromatic N) is 1. The molecule has 4 nitrogen and oxygen atoms in total. The largest absolute Gasteiger partial charge is 0.488 e. The molecule has 0 radical (unpaired) electrons. The first-order valence-electron chi connectivity index (χ1n) is 8.54.